The van der Waals surface area contributed by atoms with E-state index in [9.17, 15) is 43.2 Å². The molecule has 2 unspecified atom stereocenters. The average Bonchev–Trinajstić information content (AvgIpc) is 1.57. The Labute approximate surface area is 573 Å². The Hall–Kier alpha value is -2.46. The second-order valence-corrected chi connectivity index (χ2v) is 29.7. The maximum atomic E-state index is 13.1. The molecule has 0 saturated heterocycles. The summed E-state index contributed by atoms with van der Waals surface area (Å²) in [7, 11) is -9.92. The predicted molar refractivity (Wildman–Crippen MR) is 381 cm³/mol. The first kappa shape index (κ1) is 91.5. The Morgan fingerprint density at radius 1 is 0.330 bits per heavy atom. The summed E-state index contributed by atoms with van der Waals surface area (Å²) in [5.41, 5.74) is 0. The van der Waals surface area contributed by atoms with Gasteiger partial charge in [0.05, 0.1) is 26.4 Å². The molecule has 0 aliphatic rings. The molecule has 19 heteroatoms. The van der Waals surface area contributed by atoms with Crippen molar-refractivity contribution in [2.24, 2.45) is 5.92 Å². The number of esters is 4. The Morgan fingerprint density at radius 3 is 0.872 bits per heavy atom. The number of ether oxygens (including phenoxy) is 4. The third kappa shape index (κ3) is 68.1. The van der Waals surface area contributed by atoms with Crippen molar-refractivity contribution in [3.05, 3.63) is 24.3 Å². The normalized spacial score (nSPS) is 14.1. The minimum absolute atomic E-state index is 0.102. The molecular weight excluding hydrogens is 1230 g/mol. The van der Waals surface area contributed by atoms with Gasteiger partial charge in [0, 0.05) is 25.7 Å². The highest BCUT2D eigenvalue weighted by Gasteiger charge is 2.30. The number of aliphatic hydroxyl groups excluding tert-OH is 1. The number of carbonyl (C=O) groups is 4. The summed E-state index contributed by atoms with van der Waals surface area (Å²) < 4.78 is 68.3. The molecule has 5 atom stereocenters. The molecule has 0 aromatic heterocycles. The molecule has 0 bridgehead atoms. The van der Waals surface area contributed by atoms with Crippen LogP contribution in [0.2, 0.25) is 0 Å². The summed E-state index contributed by atoms with van der Waals surface area (Å²) in [5, 5.41) is 10.6. The van der Waals surface area contributed by atoms with Crippen LogP contribution in [0.3, 0.4) is 0 Å². The zero-order chi connectivity index (χ0) is 69.1. The van der Waals surface area contributed by atoms with Crippen molar-refractivity contribution < 1.29 is 80.2 Å². The summed E-state index contributed by atoms with van der Waals surface area (Å²) in [6, 6.07) is 0. The van der Waals surface area contributed by atoms with E-state index in [-0.39, 0.29) is 25.7 Å². The van der Waals surface area contributed by atoms with Gasteiger partial charge in [-0.3, -0.25) is 37.3 Å². The summed E-state index contributed by atoms with van der Waals surface area (Å²) in [6.45, 7) is 7.12. The molecule has 0 spiro atoms. The van der Waals surface area contributed by atoms with Gasteiger partial charge in [-0.2, -0.15) is 0 Å². The van der Waals surface area contributed by atoms with Crippen LogP contribution in [0.5, 0.6) is 0 Å². The number of phosphoric acid groups is 2. The van der Waals surface area contributed by atoms with E-state index in [2.05, 4.69) is 58.9 Å². The fraction of sp³-hybridized carbons (Fsp3) is 0.893. The van der Waals surface area contributed by atoms with Crippen LogP contribution in [0.1, 0.15) is 369 Å². The van der Waals surface area contributed by atoms with Gasteiger partial charge in [0.2, 0.25) is 0 Å². The molecule has 554 valence electrons. The van der Waals surface area contributed by atoms with Crippen LogP contribution >= 0.6 is 15.6 Å². The first-order valence-corrected chi connectivity index (χ1v) is 41.4. The van der Waals surface area contributed by atoms with Crippen LogP contribution in [0.25, 0.3) is 0 Å². The Bertz CT molecular complexity index is 1900. The third-order valence-corrected chi connectivity index (χ3v) is 18.8. The van der Waals surface area contributed by atoms with Crippen LogP contribution in [-0.4, -0.2) is 96.7 Å². The maximum Gasteiger partial charge on any atom is 0.472 e. The average molecular weight is 1380 g/mol. The van der Waals surface area contributed by atoms with Crippen molar-refractivity contribution in [1.82, 2.24) is 0 Å². The van der Waals surface area contributed by atoms with E-state index in [0.717, 1.165) is 116 Å². The van der Waals surface area contributed by atoms with E-state index >= 15 is 0 Å². The van der Waals surface area contributed by atoms with E-state index in [4.69, 9.17) is 37.0 Å². The lowest BCUT2D eigenvalue weighted by atomic mass is 10.0. The molecule has 94 heavy (non-hydrogen) atoms. The Balaban J connectivity index is 5.23. The SMILES string of the molecule is CCCCCC/C=C\C=C/CCCCCCCC(=O)OC[C@H](COP(=O)(O)OC[C@@H](O)COP(=O)(O)OC[C@@H](COC(=O)CCCCCCCCC(C)C)OC(=O)CCCCCCCCCCCC)OC(=O)CCCCCCCCCCCCCCCCCCCCCC. The number of allylic oxidation sites excluding steroid dienone is 4. The molecule has 0 heterocycles. The van der Waals surface area contributed by atoms with Gasteiger partial charge in [0.15, 0.2) is 12.2 Å². The lowest BCUT2D eigenvalue weighted by Gasteiger charge is -2.21. The quantitative estimate of drug-likeness (QED) is 0.0169. The molecule has 0 fully saturated rings. The van der Waals surface area contributed by atoms with Gasteiger partial charge in [-0.1, -0.05) is 316 Å². The molecule has 0 aliphatic heterocycles. The van der Waals surface area contributed by atoms with Crippen LogP contribution in [-0.2, 0) is 65.4 Å². The van der Waals surface area contributed by atoms with Gasteiger partial charge in [-0.05, 0) is 57.3 Å². The van der Waals surface area contributed by atoms with Crippen molar-refractivity contribution in [2.75, 3.05) is 39.6 Å². The van der Waals surface area contributed by atoms with E-state index < -0.39 is 97.5 Å². The monoisotopic (exact) mass is 1380 g/mol. The predicted octanol–water partition coefficient (Wildman–Crippen LogP) is 21.6. The van der Waals surface area contributed by atoms with Gasteiger partial charge in [-0.15, -0.1) is 0 Å². The van der Waals surface area contributed by atoms with Crippen LogP contribution in [0.4, 0.5) is 0 Å². The minimum Gasteiger partial charge on any atom is -0.462 e. The molecule has 0 aromatic rings. The molecular formula is C75H142O17P2. The highest BCUT2D eigenvalue weighted by molar-refractivity contribution is 7.47. The molecule has 3 N–H and O–H groups in total. The van der Waals surface area contributed by atoms with Crippen molar-refractivity contribution in [1.29, 1.82) is 0 Å². The summed E-state index contributed by atoms with van der Waals surface area (Å²) >= 11 is 0. The number of phosphoric ester groups is 2. The zero-order valence-electron chi connectivity index (χ0n) is 60.6. The van der Waals surface area contributed by atoms with Crippen molar-refractivity contribution in [3.8, 4) is 0 Å². The number of carbonyl (C=O) groups excluding carboxylic acids is 4. The van der Waals surface area contributed by atoms with E-state index in [1.165, 1.54) is 167 Å². The molecule has 0 saturated carbocycles. The Morgan fingerprint density at radius 2 is 0.574 bits per heavy atom. The molecule has 0 aliphatic carbocycles. The fourth-order valence-corrected chi connectivity index (χ4v) is 12.6. The van der Waals surface area contributed by atoms with E-state index in [1.807, 2.05) is 0 Å². The van der Waals surface area contributed by atoms with Crippen LogP contribution in [0, 0.1) is 5.92 Å². The smallest absolute Gasteiger partial charge is 0.462 e. The number of unbranched alkanes of at least 4 members (excludes halogenated alkanes) is 42. The summed E-state index contributed by atoms with van der Waals surface area (Å²) in [5.74, 6) is -1.47. The highest BCUT2D eigenvalue weighted by Crippen LogP contribution is 2.45. The molecule has 0 amide bonds. The third-order valence-electron chi connectivity index (χ3n) is 16.9. The number of rotatable bonds is 73. The lowest BCUT2D eigenvalue weighted by Crippen LogP contribution is -2.30. The molecule has 0 radical (unpaired) electrons. The standard InChI is InChI=1S/C75H142O17P2/c1-6-9-12-15-18-21-24-26-28-29-30-31-32-34-36-38-41-44-51-56-61-75(80)91-70(64-85-72(77)58-53-48-42-40-37-35-33-27-25-22-19-16-13-10-7-2)66-89-93(81,82)87-62-69(76)63-88-94(83,84)90-67-71(65-86-73(78)59-54-49-46-45-47-52-57-68(4)5)92-74(79)60-55-50-43-39-23-20-17-14-11-8-3/h22,25,27,33,68-71,76H,6-21,23-24,26,28-32,34-67H2,1-5H3,(H,81,82)(H,83,84)/b25-22-,33-27-/t69-,70-,71-/m1/s1. The largest absolute Gasteiger partial charge is 0.472 e. The van der Waals surface area contributed by atoms with Gasteiger partial charge < -0.3 is 33.8 Å². The maximum absolute atomic E-state index is 13.1. The summed E-state index contributed by atoms with van der Waals surface area (Å²) in [6.07, 6.45) is 59.3. The first-order chi connectivity index (χ1) is 45.5. The van der Waals surface area contributed by atoms with E-state index in [0.29, 0.717) is 31.6 Å². The van der Waals surface area contributed by atoms with Crippen LogP contribution in [0.15, 0.2) is 24.3 Å². The molecule has 17 nitrogen and oxygen atoms in total. The minimum atomic E-state index is -4.96. The van der Waals surface area contributed by atoms with Gasteiger partial charge in [0.1, 0.15) is 19.3 Å². The van der Waals surface area contributed by atoms with Gasteiger partial charge >= 0.3 is 39.5 Å². The lowest BCUT2D eigenvalue weighted by molar-refractivity contribution is -0.161. The van der Waals surface area contributed by atoms with E-state index in [1.54, 1.807) is 0 Å². The zero-order valence-corrected chi connectivity index (χ0v) is 62.4. The fourth-order valence-electron chi connectivity index (χ4n) is 11.0. The molecule has 0 rings (SSSR count). The number of aliphatic hydroxyl groups is 1. The van der Waals surface area contributed by atoms with Gasteiger partial charge in [0.25, 0.3) is 0 Å². The topological polar surface area (TPSA) is 237 Å². The highest BCUT2D eigenvalue weighted by atomic mass is 31.2. The second kappa shape index (κ2) is 67.7. The number of hydrogen-bond donors (Lipinski definition) is 3. The van der Waals surface area contributed by atoms with Gasteiger partial charge in [-0.25, -0.2) is 9.13 Å². The van der Waals surface area contributed by atoms with Crippen molar-refractivity contribution >= 4 is 39.5 Å². The summed E-state index contributed by atoms with van der Waals surface area (Å²) in [4.78, 5) is 72.6. The van der Waals surface area contributed by atoms with Crippen LogP contribution < -0.4 is 0 Å². The number of hydrogen-bond acceptors (Lipinski definition) is 15. The second-order valence-electron chi connectivity index (χ2n) is 26.8. The molecule has 0 aromatic carbocycles. The van der Waals surface area contributed by atoms with Crippen molar-refractivity contribution in [3.63, 3.8) is 0 Å². The Kier molecular flexibility index (Phi) is 65.9. The first-order valence-electron chi connectivity index (χ1n) is 38.5. The van der Waals surface area contributed by atoms with Crippen molar-refractivity contribution in [2.45, 2.75) is 387 Å².